The van der Waals surface area contributed by atoms with E-state index < -0.39 is 65.8 Å². The van der Waals surface area contributed by atoms with Crippen molar-refractivity contribution in [1.82, 2.24) is 25.1 Å². The summed E-state index contributed by atoms with van der Waals surface area (Å²) in [5.41, 5.74) is 8.19. The molecule has 23 heteroatoms. The van der Waals surface area contributed by atoms with Gasteiger partial charge in [-0.25, -0.2) is 9.37 Å². The van der Waals surface area contributed by atoms with Gasteiger partial charge in [0.2, 0.25) is 17.7 Å². The maximum absolute atomic E-state index is 14.6. The van der Waals surface area contributed by atoms with Crippen molar-refractivity contribution in [3.63, 3.8) is 0 Å². The van der Waals surface area contributed by atoms with E-state index in [4.69, 9.17) is 33.5 Å². The van der Waals surface area contributed by atoms with Crippen LogP contribution in [0.15, 0.2) is 109 Å². The van der Waals surface area contributed by atoms with Crippen LogP contribution in [0.2, 0.25) is 0 Å². The van der Waals surface area contributed by atoms with Crippen LogP contribution < -0.4 is 20.7 Å². The number of carboxylic acids is 1. The molecule has 1 aliphatic rings. The Balaban J connectivity index is 0.758. The zero-order chi connectivity index (χ0) is 64.7. The molecule has 0 spiro atoms. The van der Waals surface area contributed by atoms with Gasteiger partial charge in [0.05, 0.1) is 112 Å². The van der Waals surface area contributed by atoms with Gasteiger partial charge in [0.25, 0.3) is 5.91 Å². The third-order valence-corrected chi connectivity index (χ3v) is 15.9. The van der Waals surface area contributed by atoms with Crippen LogP contribution in [0.1, 0.15) is 93.5 Å². The zero-order valence-corrected chi connectivity index (χ0v) is 52.8. The Morgan fingerprint density at radius 1 is 0.756 bits per heavy atom. The van der Waals surface area contributed by atoms with Gasteiger partial charge >= 0.3 is 5.97 Å². The second kappa shape index (κ2) is 34.7. The Hall–Kier alpha value is -7.45. The third-order valence-electron chi connectivity index (χ3n) is 14.9. The number of likely N-dealkylation sites (tertiary alicyclic amines) is 1. The monoisotopic (exact) mass is 1260 g/mol. The lowest BCUT2D eigenvalue weighted by molar-refractivity contribution is -0.144. The Labute approximate surface area is 528 Å². The number of benzene rings is 4. The van der Waals surface area contributed by atoms with Gasteiger partial charge in [-0.05, 0) is 102 Å². The van der Waals surface area contributed by atoms with E-state index in [0.717, 1.165) is 27.3 Å². The molecular weight excluding hydrogens is 1180 g/mol. The van der Waals surface area contributed by atoms with Crippen LogP contribution in [0.4, 0.5) is 10.1 Å². The molecular formula is C67H85FN6O15S. The van der Waals surface area contributed by atoms with E-state index in [1.807, 2.05) is 101 Å². The number of carbonyl (C=O) groups excluding carboxylic acids is 4. The molecule has 1 fully saturated rings. The summed E-state index contributed by atoms with van der Waals surface area (Å²) in [5, 5.41) is 49.7. The molecule has 5 atom stereocenters. The topological polar surface area (TPSA) is 279 Å². The molecule has 0 radical (unpaired) electrons. The van der Waals surface area contributed by atoms with Crippen molar-refractivity contribution in [3.8, 4) is 38.6 Å². The van der Waals surface area contributed by atoms with Crippen LogP contribution in [0.5, 0.6) is 5.75 Å². The number of aromatic nitrogens is 2. The molecule has 0 saturated carbocycles. The molecule has 6 aromatic rings. The molecule has 0 bridgehead atoms. The maximum Gasteiger partial charge on any atom is 0.305 e. The van der Waals surface area contributed by atoms with Gasteiger partial charge in [-0.1, -0.05) is 89.2 Å². The number of ether oxygens (including phenoxy) is 6. The SMILES string of the molecule is Cc1ncsc1-c1ccc(CNC(=O)[C@@H]2C[C@@H](O)CN2C(=O)[C@@H](NC(=O)COCCOCCOCCOCCOCCOc2ccc(NC(=O)c3c(-c4ccccc4)c(-c4ccc(F)cc4)n(CC[C@H](O)C[C@H](O)CC(=O)O)c3C(C)C)cc2)C(C)(C)C)cc1. The fourth-order valence-electron chi connectivity index (χ4n) is 10.6. The number of nitrogens with one attached hydrogen (secondary N) is 3. The Bertz CT molecular complexity index is 3250. The number of amides is 4. The maximum atomic E-state index is 14.6. The van der Waals surface area contributed by atoms with Crippen LogP contribution in [-0.2, 0) is 56.0 Å². The van der Waals surface area contributed by atoms with E-state index in [1.165, 1.54) is 17.0 Å². The number of β-amino-alcohol motifs (C(OH)–C–C–N with tert-alkyl or cyclic N) is 1. The summed E-state index contributed by atoms with van der Waals surface area (Å²) in [6.07, 6.45) is -3.61. The predicted molar refractivity (Wildman–Crippen MR) is 338 cm³/mol. The van der Waals surface area contributed by atoms with Crippen LogP contribution in [0, 0.1) is 18.2 Å². The molecule has 4 amide bonds. The van der Waals surface area contributed by atoms with Crippen LogP contribution in [0.3, 0.4) is 0 Å². The minimum atomic E-state index is -1.24. The molecule has 1 saturated heterocycles. The summed E-state index contributed by atoms with van der Waals surface area (Å²) in [5.74, 6) is -2.99. The summed E-state index contributed by atoms with van der Waals surface area (Å²) in [7, 11) is 0. The fraction of sp³-hybridized carbons (Fsp3) is 0.463. The Kier molecular flexibility index (Phi) is 27.0. The highest BCUT2D eigenvalue weighted by Gasteiger charge is 2.44. The first kappa shape index (κ1) is 70.0. The van der Waals surface area contributed by atoms with Gasteiger partial charge in [0.15, 0.2) is 0 Å². The molecule has 0 unspecified atom stereocenters. The molecule has 7 N–H and O–H groups in total. The molecule has 4 aromatic carbocycles. The van der Waals surface area contributed by atoms with Crippen molar-refractivity contribution < 1.29 is 77.2 Å². The summed E-state index contributed by atoms with van der Waals surface area (Å²) in [4.78, 5) is 73.0. The van der Waals surface area contributed by atoms with E-state index in [2.05, 4.69) is 20.9 Å². The van der Waals surface area contributed by atoms with Gasteiger partial charge in [0.1, 0.15) is 36.9 Å². The predicted octanol–water partition coefficient (Wildman–Crippen LogP) is 8.02. The number of thiazole rings is 1. The first-order valence-electron chi connectivity index (χ1n) is 30.3. The lowest BCUT2D eigenvalue weighted by Gasteiger charge is -2.35. The smallest absolute Gasteiger partial charge is 0.305 e. The number of aliphatic hydroxyl groups excluding tert-OH is 3. The highest BCUT2D eigenvalue weighted by atomic mass is 32.1. The number of carboxylic acid groups (broad SMARTS) is 1. The van der Waals surface area contributed by atoms with Gasteiger partial charge in [-0.2, -0.15) is 0 Å². The number of hydrogen-bond acceptors (Lipinski definition) is 16. The normalized spacial score (nSPS) is 15.2. The van der Waals surface area contributed by atoms with E-state index in [1.54, 1.807) is 53.2 Å². The summed E-state index contributed by atoms with van der Waals surface area (Å²) >= 11 is 1.56. The summed E-state index contributed by atoms with van der Waals surface area (Å²) < 4.78 is 50.2. The molecule has 7 rings (SSSR count). The van der Waals surface area contributed by atoms with E-state index >= 15 is 0 Å². The largest absolute Gasteiger partial charge is 0.491 e. The third kappa shape index (κ3) is 20.8. The second-order valence-corrected chi connectivity index (χ2v) is 24.2. The molecule has 21 nitrogen and oxygen atoms in total. The van der Waals surface area contributed by atoms with Crippen molar-refractivity contribution in [2.75, 3.05) is 84.5 Å². The number of hydrogen-bond donors (Lipinski definition) is 7. The standard InChI is InChI=1S/C67H85FN6O15S/c1-43(2)60-59(58(46-10-8-7-9-11-46)61(47-16-18-49(68)19-17-47)73(60)25-24-51(75)36-52(76)38-57(79)80)65(82)71-50-20-22-54(23-21-50)89-35-34-87-31-30-85-27-26-84-28-29-86-32-33-88-41-56(78)72-63(67(4,5)6)66(83)74-40-53(77)37-55(74)64(81)69-39-45-12-14-48(15-13-45)62-44(3)70-42-90-62/h7-23,42-43,51-53,55,63,75-77H,24-41H2,1-6H3,(H,69,81)(H,71,82)(H,72,78)(H,79,80)/t51-,52-,53+,55-,63+/m0/s1. The molecule has 486 valence electrons. The summed E-state index contributed by atoms with van der Waals surface area (Å²) in [6, 6.07) is 28.3. The minimum absolute atomic E-state index is 0.0369. The van der Waals surface area contributed by atoms with Crippen molar-refractivity contribution in [2.45, 2.75) is 117 Å². The number of aryl methyl sites for hydroxylation is 1. The van der Waals surface area contributed by atoms with Crippen LogP contribution in [0.25, 0.3) is 32.8 Å². The van der Waals surface area contributed by atoms with Crippen molar-refractivity contribution in [1.29, 1.82) is 0 Å². The summed E-state index contributed by atoms with van der Waals surface area (Å²) in [6.45, 7) is 14.3. The second-order valence-electron chi connectivity index (χ2n) is 23.4. The van der Waals surface area contributed by atoms with Gasteiger partial charge in [-0.3, -0.25) is 24.0 Å². The number of halogens is 1. The number of nitrogens with zero attached hydrogens (tertiary/aromatic N) is 3. The molecule has 2 aromatic heterocycles. The number of rotatable bonds is 36. The first-order valence-corrected chi connectivity index (χ1v) is 31.2. The minimum Gasteiger partial charge on any atom is -0.491 e. The van der Waals surface area contributed by atoms with Gasteiger partial charge < -0.3 is 74.3 Å². The fourth-order valence-corrected chi connectivity index (χ4v) is 11.4. The molecule has 90 heavy (non-hydrogen) atoms. The van der Waals surface area contributed by atoms with Crippen molar-refractivity contribution in [3.05, 3.63) is 137 Å². The molecule has 3 heterocycles. The Morgan fingerprint density at radius 2 is 1.36 bits per heavy atom. The molecule has 1 aliphatic heterocycles. The number of aliphatic hydroxyl groups is 3. The highest BCUT2D eigenvalue weighted by Crippen LogP contribution is 2.43. The number of anilines is 1. The van der Waals surface area contributed by atoms with Crippen LogP contribution in [-0.4, -0.2) is 174 Å². The van der Waals surface area contributed by atoms with Crippen molar-refractivity contribution in [2.24, 2.45) is 5.41 Å². The van der Waals surface area contributed by atoms with E-state index in [9.17, 15) is 43.7 Å². The lowest BCUT2D eigenvalue weighted by atomic mass is 9.85. The van der Waals surface area contributed by atoms with E-state index in [-0.39, 0.29) is 83.1 Å². The zero-order valence-electron chi connectivity index (χ0n) is 52.0. The average molecular weight is 1270 g/mol. The van der Waals surface area contributed by atoms with Gasteiger partial charge in [0, 0.05) is 43.0 Å². The number of carbonyl (C=O) groups is 5. The quantitative estimate of drug-likeness (QED) is 0.0183. The van der Waals surface area contributed by atoms with Crippen molar-refractivity contribution >= 4 is 46.6 Å². The molecule has 0 aliphatic carbocycles. The highest BCUT2D eigenvalue weighted by molar-refractivity contribution is 7.13. The average Bonchev–Trinajstić information content (AvgIpc) is 1.62. The number of aliphatic carboxylic acids is 1. The lowest BCUT2D eigenvalue weighted by Crippen LogP contribution is -2.58. The Morgan fingerprint density at radius 3 is 1.93 bits per heavy atom. The van der Waals surface area contributed by atoms with Crippen LogP contribution >= 0.6 is 11.3 Å². The van der Waals surface area contributed by atoms with Gasteiger partial charge in [-0.15, -0.1) is 11.3 Å². The first-order chi connectivity index (χ1) is 43.2. The van der Waals surface area contributed by atoms with E-state index in [0.29, 0.717) is 85.8 Å².